The van der Waals surface area contributed by atoms with E-state index in [4.69, 9.17) is 0 Å². The Labute approximate surface area is 108 Å². The first-order valence-corrected chi connectivity index (χ1v) is 6.36. The minimum Gasteiger partial charge on any atom is -0.304 e. The Morgan fingerprint density at radius 3 is 2.72 bits per heavy atom. The second-order valence-corrected chi connectivity index (χ2v) is 4.61. The summed E-state index contributed by atoms with van der Waals surface area (Å²) in [6, 6.07) is 2.34. The summed E-state index contributed by atoms with van der Waals surface area (Å²) in [5.74, 6) is 0. The van der Waals surface area contributed by atoms with Crippen molar-refractivity contribution in [2.75, 3.05) is 0 Å². The molecule has 5 nitrogen and oxygen atoms in total. The Kier molecular flexibility index (Phi) is 3.81. The molecule has 0 aliphatic heterocycles. The first kappa shape index (κ1) is 12.8. The maximum atomic E-state index is 4.46. The molecule has 98 valence electrons. The third kappa shape index (κ3) is 2.79. The summed E-state index contributed by atoms with van der Waals surface area (Å²) in [7, 11) is 1.95. The van der Waals surface area contributed by atoms with E-state index >= 15 is 0 Å². The first-order chi connectivity index (χ1) is 8.60. The molecule has 18 heavy (non-hydrogen) atoms. The summed E-state index contributed by atoms with van der Waals surface area (Å²) >= 11 is 0. The van der Waals surface area contributed by atoms with E-state index in [0.717, 1.165) is 24.5 Å². The molecular weight excluding hydrogens is 226 g/mol. The van der Waals surface area contributed by atoms with Crippen molar-refractivity contribution in [3.8, 4) is 0 Å². The molecule has 0 aliphatic rings. The van der Waals surface area contributed by atoms with E-state index in [9.17, 15) is 0 Å². The fourth-order valence-electron chi connectivity index (χ4n) is 2.08. The molecule has 2 aromatic rings. The van der Waals surface area contributed by atoms with Gasteiger partial charge in [0.15, 0.2) is 0 Å². The van der Waals surface area contributed by atoms with Crippen molar-refractivity contribution >= 4 is 0 Å². The molecule has 5 heteroatoms. The van der Waals surface area contributed by atoms with Crippen molar-refractivity contribution in [2.24, 2.45) is 7.05 Å². The van der Waals surface area contributed by atoms with Crippen LogP contribution in [-0.2, 0) is 20.1 Å². The minimum absolute atomic E-state index is 0.283. The Hall–Kier alpha value is -1.62. The molecule has 2 aromatic heterocycles. The normalized spacial score (nSPS) is 12.9. The maximum Gasteiger partial charge on any atom is 0.0762 e. The zero-order chi connectivity index (χ0) is 13.1. The average molecular weight is 247 g/mol. The standard InChI is InChI=1S/C13H21N5/c1-5-18-7-6-12(16-18)8-14-10(2)13-9-17(4)15-11(13)3/h6-7,9-10,14H,5,8H2,1-4H3. The van der Waals surface area contributed by atoms with Gasteiger partial charge in [-0.25, -0.2) is 0 Å². The summed E-state index contributed by atoms with van der Waals surface area (Å²) < 4.78 is 3.80. The van der Waals surface area contributed by atoms with Crippen LogP contribution in [0.15, 0.2) is 18.5 Å². The Morgan fingerprint density at radius 2 is 2.17 bits per heavy atom. The van der Waals surface area contributed by atoms with Crippen LogP contribution in [0, 0.1) is 6.92 Å². The van der Waals surface area contributed by atoms with Crippen LogP contribution in [0.3, 0.4) is 0 Å². The number of hydrogen-bond donors (Lipinski definition) is 1. The Morgan fingerprint density at radius 1 is 1.39 bits per heavy atom. The predicted molar refractivity (Wildman–Crippen MR) is 71.1 cm³/mol. The largest absolute Gasteiger partial charge is 0.304 e. The van der Waals surface area contributed by atoms with Gasteiger partial charge in [-0.1, -0.05) is 0 Å². The lowest BCUT2D eigenvalue weighted by Crippen LogP contribution is -2.18. The highest BCUT2D eigenvalue weighted by Gasteiger charge is 2.11. The van der Waals surface area contributed by atoms with Gasteiger partial charge in [0.25, 0.3) is 0 Å². The van der Waals surface area contributed by atoms with Gasteiger partial charge in [0, 0.05) is 44.1 Å². The maximum absolute atomic E-state index is 4.46. The number of hydrogen-bond acceptors (Lipinski definition) is 3. The molecule has 0 radical (unpaired) electrons. The van der Waals surface area contributed by atoms with Crippen LogP contribution in [0.4, 0.5) is 0 Å². The zero-order valence-corrected chi connectivity index (χ0v) is 11.5. The van der Waals surface area contributed by atoms with Crippen molar-refractivity contribution in [1.82, 2.24) is 24.9 Å². The average Bonchev–Trinajstić information content (AvgIpc) is 2.92. The van der Waals surface area contributed by atoms with E-state index in [1.165, 1.54) is 5.56 Å². The van der Waals surface area contributed by atoms with Crippen molar-refractivity contribution in [2.45, 2.75) is 39.9 Å². The number of aryl methyl sites for hydroxylation is 3. The van der Waals surface area contributed by atoms with Gasteiger partial charge < -0.3 is 5.32 Å². The molecule has 0 fully saturated rings. The van der Waals surface area contributed by atoms with E-state index in [-0.39, 0.29) is 6.04 Å². The molecular formula is C13H21N5. The third-order valence-corrected chi connectivity index (χ3v) is 3.13. The molecule has 2 rings (SSSR count). The molecule has 0 amide bonds. The van der Waals surface area contributed by atoms with Crippen molar-refractivity contribution in [1.29, 1.82) is 0 Å². The van der Waals surface area contributed by atoms with Crippen molar-refractivity contribution in [3.63, 3.8) is 0 Å². The predicted octanol–water partition coefficient (Wildman–Crippen LogP) is 1.80. The smallest absolute Gasteiger partial charge is 0.0762 e. The second kappa shape index (κ2) is 5.35. The molecule has 1 N–H and O–H groups in total. The highest BCUT2D eigenvalue weighted by Crippen LogP contribution is 2.15. The van der Waals surface area contributed by atoms with Crippen LogP contribution < -0.4 is 5.32 Å². The monoisotopic (exact) mass is 247 g/mol. The van der Waals surface area contributed by atoms with Gasteiger partial charge in [-0.2, -0.15) is 10.2 Å². The SMILES string of the molecule is CCn1ccc(CNC(C)c2cn(C)nc2C)n1. The molecule has 0 aliphatic carbocycles. The lowest BCUT2D eigenvalue weighted by atomic mass is 10.1. The number of rotatable bonds is 5. The zero-order valence-electron chi connectivity index (χ0n) is 11.5. The summed E-state index contributed by atoms with van der Waals surface area (Å²) in [6.07, 6.45) is 4.08. The van der Waals surface area contributed by atoms with E-state index in [0.29, 0.717) is 0 Å². The van der Waals surface area contributed by atoms with Gasteiger partial charge in [-0.15, -0.1) is 0 Å². The topological polar surface area (TPSA) is 47.7 Å². The molecule has 1 atom stereocenters. The van der Waals surface area contributed by atoms with Gasteiger partial charge in [-0.05, 0) is 26.8 Å². The quantitative estimate of drug-likeness (QED) is 0.876. The number of nitrogens with zero attached hydrogens (tertiary/aromatic N) is 4. The summed E-state index contributed by atoms with van der Waals surface area (Å²) in [6.45, 7) is 7.98. The van der Waals surface area contributed by atoms with Gasteiger partial charge in [0.1, 0.15) is 0 Å². The van der Waals surface area contributed by atoms with Crippen LogP contribution in [0.25, 0.3) is 0 Å². The first-order valence-electron chi connectivity index (χ1n) is 6.36. The molecule has 0 bridgehead atoms. The summed E-state index contributed by atoms with van der Waals surface area (Å²) in [4.78, 5) is 0. The van der Waals surface area contributed by atoms with E-state index < -0.39 is 0 Å². The molecule has 0 spiro atoms. The lowest BCUT2D eigenvalue weighted by molar-refractivity contribution is 0.553. The van der Waals surface area contributed by atoms with Crippen LogP contribution >= 0.6 is 0 Å². The van der Waals surface area contributed by atoms with Crippen LogP contribution in [0.1, 0.15) is 36.8 Å². The highest BCUT2D eigenvalue weighted by atomic mass is 15.3. The van der Waals surface area contributed by atoms with Crippen molar-refractivity contribution in [3.05, 3.63) is 35.4 Å². The molecule has 2 heterocycles. The van der Waals surface area contributed by atoms with Crippen molar-refractivity contribution < 1.29 is 0 Å². The van der Waals surface area contributed by atoms with E-state index in [1.807, 2.05) is 29.5 Å². The van der Waals surface area contributed by atoms with Gasteiger partial charge in [0.05, 0.1) is 11.4 Å². The van der Waals surface area contributed by atoms with Crippen LogP contribution in [-0.4, -0.2) is 19.6 Å². The van der Waals surface area contributed by atoms with E-state index in [2.05, 4.69) is 41.6 Å². The molecule has 0 saturated carbocycles. The fraction of sp³-hybridized carbons (Fsp3) is 0.538. The number of aromatic nitrogens is 4. The summed E-state index contributed by atoms with van der Waals surface area (Å²) in [5.41, 5.74) is 3.40. The Balaban J connectivity index is 1.95. The Bertz CT molecular complexity index is 511. The molecule has 0 saturated heterocycles. The fourth-order valence-corrected chi connectivity index (χ4v) is 2.08. The minimum atomic E-state index is 0.283. The highest BCUT2D eigenvalue weighted by molar-refractivity contribution is 5.19. The second-order valence-electron chi connectivity index (χ2n) is 4.61. The van der Waals surface area contributed by atoms with Crippen LogP contribution in [0.5, 0.6) is 0 Å². The van der Waals surface area contributed by atoms with Gasteiger partial charge in [-0.3, -0.25) is 9.36 Å². The number of nitrogens with one attached hydrogen (secondary N) is 1. The van der Waals surface area contributed by atoms with Gasteiger partial charge in [0.2, 0.25) is 0 Å². The lowest BCUT2D eigenvalue weighted by Gasteiger charge is -2.11. The van der Waals surface area contributed by atoms with E-state index in [1.54, 1.807) is 0 Å². The molecule has 1 unspecified atom stereocenters. The third-order valence-electron chi connectivity index (χ3n) is 3.13. The van der Waals surface area contributed by atoms with Crippen LogP contribution in [0.2, 0.25) is 0 Å². The molecule has 0 aromatic carbocycles. The van der Waals surface area contributed by atoms with Gasteiger partial charge >= 0.3 is 0 Å². The summed E-state index contributed by atoms with van der Waals surface area (Å²) in [5, 5.41) is 12.3.